The number of carboxylic acids is 1. The van der Waals surface area contributed by atoms with E-state index in [9.17, 15) is 9.90 Å². The maximum absolute atomic E-state index is 10.7. The molecule has 17 heavy (non-hydrogen) atoms. The summed E-state index contributed by atoms with van der Waals surface area (Å²) in [6.07, 6.45) is 3.07. The molecule has 0 aliphatic heterocycles. The monoisotopic (exact) mass is 235 g/mol. The fourth-order valence-corrected chi connectivity index (χ4v) is 2.49. The van der Waals surface area contributed by atoms with Crippen LogP contribution in [-0.2, 0) is 17.6 Å². The molecule has 1 atom stereocenters. The van der Waals surface area contributed by atoms with E-state index in [1.807, 2.05) is 6.07 Å². The largest absolute Gasteiger partial charge is 0.508 e. The number of aryl methyl sites for hydroxylation is 2. The number of aromatic hydroxyl groups is 1. The van der Waals surface area contributed by atoms with Gasteiger partial charge in [0.15, 0.2) is 0 Å². The van der Waals surface area contributed by atoms with Crippen LogP contribution in [0.25, 0.3) is 0 Å². The Bertz CT molecular complexity index is 443. The number of rotatable bonds is 4. The molecule has 0 amide bonds. The van der Waals surface area contributed by atoms with Crippen molar-refractivity contribution in [2.24, 2.45) is 5.73 Å². The first-order chi connectivity index (χ1) is 8.11. The fraction of sp³-hybridized carbons (Fsp3) is 0.462. The SMILES string of the molecule is NCC(CC(=O)O)c1cc2c(cc1O)CCC2. The van der Waals surface area contributed by atoms with Gasteiger partial charge in [0.05, 0.1) is 6.42 Å². The maximum Gasteiger partial charge on any atom is 0.304 e. The van der Waals surface area contributed by atoms with E-state index < -0.39 is 5.97 Å². The highest BCUT2D eigenvalue weighted by atomic mass is 16.4. The van der Waals surface area contributed by atoms with Crippen LogP contribution in [0.5, 0.6) is 5.75 Å². The van der Waals surface area contributed by atoms with Crippen LogP contribution in [-0.4, -0.2) is 22.7 Å². The molecule has 0 saturated heterocycles. The number of benzene rings is 1. The van der Waals surface area contributed by atoms with Crippen LogP contribution in [0.3, 0.4) is 0 Å². The molecule has 0 aromatic heterocycles. The van der Waals surface area contributed by atoms with Gasteiger partial charge in [-0.25, -0.2) is 0 Å². The number of carbonyl (C=O) groups is 1. The minimum atomic E-state index is -0.889. The van der Waals surface area contributed by atoms with E-state index in [1.54, 1.807) is 6.07 Å². The third kappa shape index (κ3) is 2.42. The van der Waals surface area contributed by atoms with Crippen LogP contribution >= 0.6 is 0 Å². The quantitative estimate of drug-likeness (QED) is 0.736. The second-order valence-electron chi connectivity index (χ2n) is 4.56. The van der Waals surface area contributed by atoms with Gasteiger partial charge in [0.1, 0.15) is 5.75 Å². The lowest BCUT2D eigenvalue weighted by molar-refractivity contribution is -0.137. The summed E-state index contributed by atoms with van der Waals surface area (Å²) in [5.41, 5.74) is 8.67. The third-order valence-corrected chi connectivity index (χ3v) is 3.39. The zero-order chi connectivity index (χ0) is 12.4. The summed E-state index contributed by atoms with van der Waals surface area (Å²) in [5.74, 6) is -1.01. The van der Waals surface area contributed by atoms with Gasteiger partial charge >= 0.3 is 5.97 Å². The van der Waals surface area contributed by atoms with Gasteiger partial charge in [-0.2, -0.15) is 0 Å². The summed E-state index contributed by atoms with van der Waals surface area (Å²) in [5, 5.41) is 18.8. The minimum absolute atomic E-state index is 0.0388. The van der Waals surface area contributed by atoms with Gasteiger partial charge in [0.2, 0.25) is 0 Å². The van der Waals surface area contributed by atoms with Crippen LogP contribution in [0.15, 0.2) is 12.1 Å². The molecule has 2 rings (SSSR count). The van der Waals surface area contributed by atoms with Crippen molar-refractivity contribution in [1.82, 2.24) is 0 Å². The van der Waals surface area contributed by atoms with E-state index in [-0.39, 0.29) is 24.6 Å². The number of phenols is 1. The number of aliphatic carboxylic acids is 1. The van der Waals surface area contributed by atoms with Crippen molar-refractivity contribution in [2.45, 2.75) is 31.6 Å². The van der Waals surface area contributed by atoms with Crippen LogP contribution in [0.1, 0.15) is 35.4 Å². The van der Waals surface area contributed by atoms with Crippen LogP contribution in [0.4, 0.5) is 0 Å². The Labute approximate surface area is 100 Å². The molecule has 0 bridgehead atoms. The maximum atomic E-state index is 10.7. The highest BCUT2D eigenvalue weighted by Crippen LogP contribution is 2.34. The Kier molecular flexibility index (Phi) is 3.33. The van der Waals surface area contributed by atoms with Gasteiger partial charge in [0, 0.05) is 5.92 Å². The van der Waals surface area contributed by atoms with Crippen molar-refractivity contribution in [1.29, 1.82) is 0 Å². The standard InChI is InChI=1S/C13H17NO3/c14-7-10(6-13(16)17)11-4-8-2-1-3-9(8)5-12(11)15/h4-5,10,15H,1-3,6-7,14H2,(H,16,17). The summed E-state index contributed by atoms with van der Waals surface area (Å²) in [6.45, 7) is 0.235. The summed E-state index contributed by atoms with van der Waals surface area (Å²) < 4.78 is 0. The molecule has 0 saturated carbocycles. The first-order valence-corrected chi connectivity index (χ1v) is 5.88. The predicted octanol–water partition coefficient (Wildman–Crippen LogP) is 1.40. The third-order valence-electron chi connectivity index (χ3n) is 3.39. The molecule has 92 valence electrons. The molecule has 4 N–H and O–H groups in total. The Balaban J connectivity index is 2.33. The van der Waals surface area contributed by atoms with Crippen LogP contribution in [0, 0.1) is 0 Å². The smallest absolute Gasteiger partial charge is 0.304 e. The van der Waals surface area contributed by atoms with E-state index in [4.69, 9.17) is 10.8 Å². The Morgan fingerprint density at radius 2 is 2.00 bits per heavy atom. The van der Waals surface area contributed by atoms with Crippen LogP contribution in [0.2, 0.25) is 0 Å². The summed E-state index contributed by atoms with van der Waals surface area (Å²) in [6, 6.07) is 3.69. The molecule has 1 aliphatic rings. The van der Waals surface area contributed by atoms with E-state index in [0.29, 0.717) is 5.56 Å². The van der Waals surface area contributed by atoms with Crippen molar-refractivity contribution in [3.05, 3.63) is 28.8 Å². The second kappa shape index (κ2) is 4.75. The Hall–Kier alpha value is -1.55. The van der Waals surface area contributed by atoms with Gasteiger partial charge in [-0.05, 0) is 48.6 Å². The van der Waals surface area contributed by atoms with E-state index >= 15 is 0 Å². The molecule has 1 aliphatic carbocycles. The predicted molar refractivity (Wildman–Crippen MR) is 64.2 cm³/mol. The molecule has 0 heterocycles. The van der Waals surface area contributed by atoms with Crippen molar-refractivity contribution < 1.29 is 15.0 Å². The lowest BCUT2D eigenvalue weighted by Crippen LogP contribution is -2.16. The average molecular weight is 235 g/mol. The van der Waals surface area contributed by atoms with Gasteiger partial charge in [-0.15, -0.1) is 0 Å². The lowest BCUT2D eigenvalue weighted by Gasteiger charge is -2.16. The van der Waals surface area contributed by atoms with Gasteiger partial charge in [-0.1, -0.05) is 6.07 Å². The summed E-state index contributed by atoms with van der Waals surface area (Å²) in [7, 11) is 0. The molecule has 4 heteroatoms. The molecule has 1 unspecified atom stereocenters. The molecule has 0 fully saturated rings. The Morgan fingerprint density at radius 1 is 1.35 bits per heavy atom. The zero-order valence-corrected chi connectivity index (χ0v) is 9.65. The van der Waals surface area contributed by atoms with Gasteiger partial charge in [-0.3, -0.25) is 4.79 Å². The molecular weight excluding hydrogens is 218 g/mol. The highest BCUT2D eigenvalue weighted by molar-refractivity contribution is 5.68. The zero-order valence-electron chi connectivity index (χ0n) is 9.65. The normalized spacial score (nSPS) is 15.6. The van der Waals surface area contributed by atoms with Crippen LogP contribution < -0.4 is 5.73 Å². The molecule has 4 nitrogen and oxygen atoms in total. The summed E-state index contributed by atoms with van der Waals surface area (Å²) >= 11 is 0. The number of hydrogen-bond donors (Lipinski definition) is 3. The minimum Gasteiger partial charge on any atom is -0.508 e. The molecule has 1 aromatic rings. The van der Waals surface area contributed by atoms with Crippen molar-refractivity contribution >= 4 is 5.97 Å². The number of carboxylic acid groups (broad SMARTS) is 1. The van der Waals surface area contributed by atoms with E-state index in [1.165, 1.54) is 11.1 Å². The molecular formula is C13H17NO3. The number of phenolic OH excluding ortho intramolecular Hbond substituents is 1. The van der Waals surface area contributed by atoms with Crippen molar-refractivity contribution in [2.75, 3.05) is 6.54 Å². The molecule has 0 spiro atoms. The second-order valence-corrected chi connectivity index (χ2v) is 4.56. The number of fused-ring (bicyclic) bond motifs is 1. The topological polar surface area (TPSA) is 83.6 Å². The molecule has 0 radical (unpaired) electrons. The number of hydrogen-bond acceptors (Lipinski definition) is 3. The van der Waals surface area contributed by atoms with Crippen molar-refractivity contribution in [3.63, 3.8) is 0 Å². The fourth-order valence-electron chi connectivity index (χ4n) is 2.49. The highest BCUT2D eigenvalue weighted by Gasteiger charge is 2.21. The van der Waals surface area contributed by atoms with Gasteiger partial charge < -0.3 is 15.9 Å². The van der Waals surface area contributed by atoms with Gasteiger partial charge in [0.25, 0.3) is 0 Å². The Morgan fingerprint density at radius 3 is 2.59 bits per heavy atom. The van der Waals surface area contributed by atoms with E-state index in [0.717, 1.165) is 19.3 Å². The van der Waals surface area contributed by atoms with Crippen molar-refractivity contribution in [3.8, 4) is 5.75 Å². The summed E-state index contributed by atoms with van der Waals surface area (Å²) in [4.78, 5) is 10.7. The lowest BCUT2D eigenvalue weighted by atomic mass is 9.92. The average Bonchev–Trinajstić information content (AvgIpc) is 2.71. The first kappa shape index (κ1) is 11.9. The molecule has 1 aromatic carbocycles. The van der Waals surface area contributed by atoms with E-state index in [2.05, 4.69) is 0 Å². The number of nitrogens with two attached hydrogens (primary N) is 1. The first-order valence-electron chi connectivity index (χ1n) is 5.88.